The molecule has 172 valence electrons. The Kier molecular flexibility index (Phi) is 5.99. The number of aromatic nitrogens is 1. The second-order valence-electron chi connectivity index (χ2n) is 9.79. The third kappa shape index (κ3) is 3.95. The topological polar surface area (TPSA) is 88.6 Å². The SMILES string of the molecule is O=C(OCCCC(=O)N1CCCC1)[C@H]1[C@H](C(=O)Nc2ccc(Br)nc2)[C@@H]2CC[C@H]1C21CC1. The summed E-state index contributed by atoms with van der Waals surface area (Å²) in [5, 5.41) is 2.98. The molecule has 8 heteroatoms. The molecule has 0 radical (unpaired) electrons. The van der Waals surface area contributed by atoms with E-state index in [0.717, 1.165) is 51.6 Å². The molecule has 1 N–H and O–H groups in total. The molecule has 32 heavy (non-hydrogen) atoms. The first-order valence-corrected chi connectivity index (χ1v) is 12.7. The van der Waals surface area contributed by atoms with E-state index in [1.54, 1.807) is 18.3 Å². The smallest absolute Gasteiger partial charge is 0.310 e. The van der Waals surface area contributed by atoms with Crippen molar-refractivity contribution in [2.45, 2.75) is 51.4 Å². The molecule has 4 atom stereocenters. The molecular weight excluding hydrogens is 474 g/mol. The number of amides is 2. The highest BCUT2D eigenvalue weighted by Crippen LogP contribution is 2.74. The average Bonchev–Trinajstić information content (AvgIpc) is 3.14. The van der Waals surface area contributed by atoms with Gasteiger partial charge in [-0.05, 0) is 90.3 Å². The summed E-state index contributed by atoms with van der Waals surface area (Å²) in [5.41, 5.74) is 0.799. The maximum absolute atomic E-state index is 13.3. The van der Waals surface area contributed by atoms with Gasteiger partial charge in [-0.25, -0.2) is 4.98 Å². The van der Waals surface area contributed by atoms with Crippen molar-refractivity contribution in [2.75, 3.05) is 25.0 Å². The van der Waals surface area contributed by atoms with E-state index in [-0.39, 0.29) is 53.5 Å². The minimum absolute atomic E-state index is 0.0984. The fourth-order valence-electron chi connectivity index (χ4n) is 6.62. The van der Waals surface area contributed by atoms with Crippen LogP contribution in [-0.2, 0) is 19.1 Å². The summed E-state index contributed by atoms with van der Waals surface area (Å²) in [4.78, 5) is 44.7. The van der Waals surface area contributed by atoms with Crippen LogP contribution in [0.3, 0.4) is 0 Å². The first kappa shape index (κ1) is 21.9. The van der Waals surface area contributed by atoms with Crippen LogP contribution in [-0.4, -0.2) is 47.4 Å². The summed E-state index contributed by atoms with van der Waals surface area (Å²) in [6, 6.07) is 3.59. The normalized spacial score (nSPS) is 29.3. The number of nitrogens with one attached hydrogen (secondary N) is 1. The summed E-state index contributed by atoms with van der Waals surface area (Å²) >= 11 is 3.31. The minimum Gasteiger partial charge on any atom is -0.465 e. The Morgan fingerprint density at radius 3 is 2.50 bits per heavy atom. The molecule has 0 unspecified atom stereocenters. The predicted molar refractivity (Wildman–Crippen MR) is 121 cm³/mol. The van der Waals surface area contributed by atoms with Crippen molar-refractivity contribution in [2.24, 2.45) is 29.1 Å². The number of carbonyl (C=O) groups excluding carboxylic acids is 3. The molecule has 5 rings (SSSR count). The molecule has 1 aliphatic heterocycles. The molecule has 1 spiro atoms. The Morgan fingerprint density at radius 2 is 1.84 bits per heavy atom. The Morgan fingerprint density at radius 1 is 1.12 bits per heavy atom. The molecule has 1 aromatic heterocycles. The van der Waals surface area contributed by atoms with Gasteiger partial charge in [-0.3, -0.25) is 14.4 Å². The monoisotopic (exact) mass is 503 g/mol. The van der Waals surface area contributed by atoms with Gasteiger partial charge in [0.2, 0.25) is 11.8 Å². The van der Waals surface area contributed by atoms with Gasteiger partial charge in [0.05, 0.1) is 30.3 Å². The summed E-state index contributed by atoms with van der Waals surface area (Å²) < 4.78 is 6.36. The number of halogens is 1. The Bertz CT molecular complexity index is 895. The van der Waals surface area contributed by atoms with Crippen LogP contribution in [0.15, 0.2) is 22.9 Å². The molecule has 1 aromatic rings. The second kappa shape index (κ2) is 8.76. The number of hydrogen-bond donors (Lipinski definition) is 1. The summed E-state index contributed by atoms with van der Waals surface area (Å²) in [6.45, 7) is 1.93. The van der Waals surface area contributed by atoms with Crippen molar-refractivity contribution in [1.82, 2.24) is 9.88 Å². The van der Waals surface area contributed by atoms with Crippen molar-refractivity contribution in [1.29, 1.82) is 0 Å². The number of ether oxygens (including phenoxy) is 1. The third-order valence-corrected chi connectivity index (χ3v) is 8.62. The van der Waals surface area contributed by atoms with Gasteiger partial charge in [0.15, 0.2) is 0 Å². The molecule has 4 fully saturated rings. The zero-order valence-corrected chi connectivity index (χ0v) is 19.8. The van der Waals surface area contributed by atoms with Gasteiger partial charge < -0.3 is 15.0 Å². The number of pyridine rings is 1. The molecule has 1 saturated heterocycles. The Hall–Kier alpha value is -1.96. The van der Waals surface area contributed by atoms with Crippen LogP contribution in [0.5, 0.6) is 0 Å². The van der Waals surface area contributed by atoms with E-state index in [1.165, 1.54) is 0 Å². The molecular formula is C24H30BrN3O4. The van der Waals surface area contributed by atoms with E-state index >= 15 is 0 Å². The number of nitrogens with zero attached hydrogens (tertiary/aromatic N) is 2. The summed E-state index contributed by atoms with van der Waals surface area (Å²) in [6.07, 6.45) is 8.95. The molecule has 0 aromatic carbocycles. The highest BCUT2D eigenvalue weighted by Gasteiger charge is 2.71. The largest absolute Gasteiger partial charge is 0.465 e. The van der Waals surface area contributed by atoms with Crippen LogP contribution in [0.25, 0.3) is 0 Å². The molecule has 4 aliphatic rings. The maximum atomic E-state index is 13.3. The molecule has 3 saturated carbocycles. The lowest BCUT2D eigenvalue weighted by Gasteiger charge is -2.28. The van der Waals surface area contributed by atoms with Gasteiger partial charge in [-0.15, -0.1) is 0 Å². The zero-order chi connectivity index (χ0) is 22.3. The number of esters is 1. The van der Waals surface area contributed by atoms with Crippen LogP contribution >= 0.6 is 15.9 Å². The molecule has 2 amide bonds. The first-order valence-electron chi connectivity index (χ1n) is 11.9. The van der Waals surface area contributed by atoms with Crippen molar-refractivity contribution in [3.05, 3.63) is 22.9 Å². The van der Waals surface area contributed by atoms with Crippen molar-refractivity contribution in [3.63, 3.8) is 0 Å². The predicted octanol–water partition coefficient (Wildman–Crippen LogP) is 3.78. The van der Waals surface area contributed by atoms with E-state index in [9.17, 15) is 14.4 Å². The number of carbonyl (C=O) groups is 3. The quantitative estimate of drug-likeness (QED) is 0.347. The van der Waals surface area contributed by atoms with Crippen LogP contribution in [0, 0.1) is 29.1 Å². The fraction of sp³-hybridized carbons (Fsp3) is 0.667. The fourth-order valence-corrected chi connectivity index (χ4v) is 6.85. The molecule has 3 aliphatic carbocycles. The molecule has 2 heterocycles. The van der Waals surface area contributed by atoms with Gasteiger partial charge in [-0.2, -0.15) is 0 Å². The van der Waals surface area contributed by atoms with Gasteiger partial charge in [-0.1, -0.05) is 0 Å². The molecule has 2 bridgehead atoms. The number of rotatable bonds is 7. The lowest BCUT2D eigenvalue weighted by molar-refractivity contribution is -0.155. The first-order chi connectivity index (χ1) is 15.5. The van der Waals surface area contributed by atoms with Crippen molar-refractivity contribution in [3.8, 4) is 0 Å². The van der Waals surface area contributed by atoms with Gasteiger partial charge in [0.25, 0.3) is 0 Å². The number of likely N-dealkylation sites (tertiary alicyclic amines) is 1. The molecule has 7 nitrogen and oxygen atoms in total. The van der Waals surface area contributed by atoms with Crippen LogP contribution in [0.2, 0.25) is 0 Å². The van der Waals surface area contributed by atoms with Gasteiger partial charge in [0.1, 0.15) is 4.60 Å². The van der Waals surface area contributed by atoms with E-state index in [1.807, 2.05) is 4.90 Å². The summed E-state index contributed by atoms with van der Waals surface area (Å²) in [7, 11) is 0. The highest BCUT2D eigenvalue weighted by molar-refractivity contribution is 9.10. The van der Waals surface area contributed by atoms with Crippen LogP contribution in [0.1, 0.15) is 51.4 Å². The lowest BCUT2D eigenvalue weighted by atomic mass is 9.78. The average molecular weight is 504 g/mol. The van der Waals surface area contributed by atoms with E-state index in [4.69, 9.17) is 4.74 Å². The number of anilines is 1. The summed E-state index contributed by atoms with van der Waals surface area (Å²) in [5.74, 6) is -0.441. The van der Waals surface area contributed by atoms with Crippen LogP contribution in [0.4, 0.5) is 5.69 Å². The highest BCUT2D eigenvalue weighted by atomic mass is 79.9. The lowest BCUT2D eigenvalue weighted by Crippen LogP contribution is -2.39. The Balaban J connectivity index is 1.21. The third-order valence-electron chi connectivity index (χ3n) is 8.15. The van der Waals surface area contributed by atoms with Crippen molar-refractivity contribution < 1.29 is 19.1 Å². The van der Waals surface area contributed by atoms with E-state index in [0.29, 0.717) is 23.1 Å². The van der Waals surface area contributed by atoms with Gasteiger partial charge >= 0.3 is 5.97 Å². The minimum atomic E-state index is -0.381. The second-order valence-corrected chi connectivity index (χ2v) is 10.6. The Labute approximate surface area is 196 Å². The van der Waals surface area contributed by atoms with Crippen molar-refractivity contribution >= 4 is 39.4 Å². The van der Waals surface area contributed by atoms with Crippen LogP contribution < -0.4 is 5.32 Å². The zero-order valence-electron chi connectivity index (χ0n) is 18.2. The maximum Gasteiger partial charge on any atom is 0.310 e. The number of hydrogen-bond acceptors (Lipinski definition) is 5. The van der Waals surface area contributed by atoms with Gasteiger partial charge in [0, 0.05) is 19.5 Å². The van der Waals surface area contributed by atoms with E-state index < -0.39 is 0 Å². The standard InChI is InChI=1S/C24H30BrN3O4/c25-18-8-5-15(14-26-18)27-22(30)20-16-6-7-17(24(16)9-10-24)21(20)23(31)32-13-3-4-19(29)28-11-1-2-12-28/h5,8,14,16-17,20-21H,1-4,6-7,9-13H2,(H,27,30)/t16-,17+,20+,21+/m0/s1. The van der Waals surface area contributed by atoms with E-state index in [2.05, 4.69) is 26.2 Å².